The van der Waals surface area contributed by atoms with E-state index in [1.54, 1.807) is 6.33 Å². The van der Waals surface area contributed by atoms with Gasteiger partial charge in [-0.2, -0.15) is 0 Å². The van der Waals surface area contributed by atoms with Crippen LogP contribution in [0, 0.1) is 6.92 Å². The molecule has 0 aliphatic carbocycles. The van der Waals surface area contributed by atoms with E-state index in [9.17, 15) is 0 Å². The number of ether oxygens (including phenoxy) is 1. The van der Waals surface area contributed by atoms with Gasteiger partial charge in [0.15, 0.2) is 0 Å². The molecule has 0 fully saturated rings. The third kappa shape index (κ3) is 3.30. The van der Waals surface area contributed by atoms with Crippen LogP contribution >= 0.6 is 0 Å². The summed E-state index contributed by atoms with van der Waals surface area (Å²) in [6, 6.07) is 0.349. The Bertz CT molecular complexity index is 354. The van der Waals surface area contributed by atoms with E-state index in [-0.39, 0.29) is 0 Å². The van der Waals surface area contributed by atoms with Crippen LogP contribution < -0.4 is 15.4 Å². The van der Waals surface area contributed by atoms with E-state index in [4.69, 9.17) is 10.5 Å². The van der Waals surface area contributed by atoms with Crippen LogP contribution in [0.15, 0.2) is 6.33 Å². The Morgan fingerprint density at radius 1 is 1.41 bits per heavy atom. The van der Waals surface area contributed by atoms with Crippen molar-refractivity contribution in [3.05, 3.63) is 11.9 Å². The SMILES string of the molecule is CCOc1ncnc(N(CCN)C(C)C)c1C. The van der Waals surface area contributed by atoms with Crippen molar-refractivity contribution in [1.29, 1.82) is 0 Å². The average Bonchev–Trinajstić information content (AvgIpc) is 2.29. The molecule has 0 saturated heterocycles. The van der Waals surface area contributed by atoms with Crippen molar-refractivity contribution in [3.63, 3.8) is 0 Å². The van der Waals surface area contributed by atoms with Crippen molar-refractivity contribution < 1.29 is 4.74 Å². The second kappa shape index (κ2) is 6.39. The zero-order valence-corrected chi connectivity index (χ0v) is 11.1. The molecule has 0 aliphatic rings. The molecule has 0 unspecified atom stereocenters. The minimum absolute atomic E-state index is 0.349. The molecule has 0 bridgehead atoms. The van der Waals surface area contributed by atoms with E-state index < -0.39 is 0 Å². The van der Waals surface area contributed by atoms with Gasteiger partial charge in [-0.25, -0.2) is 9.97 Å². The predicted octanol–water partition coefficient (Wildman–Crippen LogP) is 1.36. The van der Waals surface area contributed by atoms with E-state index in [1.165, 1.54) is 0 Å². The molecular formula is C12H22N4O. The smallest absolute Gasteiger partial charge is 0.221 e. The molecular weight excluding hydrogens is 216 g/mol. The van der Waals surface area contributed by atoms with Gasteiger partial charge < -0.3 is 15.4 Å². The molecule has 1 aromatic heterocycles. The Labute approximate surface area is 103 Å². The van der Waals surface area contributed by atoms with Crippen molar-refractivity contribution in [1.82, 2.24) is 9.97 Å². The molecule has 0 aliphatic heterocycles. The first-order chi connectivity index (χ1) is 8.11. The van der Waals surface area contributed by atoms with Crippen LogP contribution in [0.25, 0.3) is 0 Å². The van der Waals surface area contributed by atoms with Gasteiger partial charge in [0.25, 0.3) is 0 Å². The van der Waals surface area contributed by atoms with Gasteiger partial charge in [0.2, 0.25) is 5.88 Å². The number of nitrogens with two attached hydrogens (primary N) is 1. The molecule has 0 radical (unpaired) electrons. The zero-order valence-electron chi connectivity index (χ0n) is 11.1. The van der Waals surface area contributed by atoms with Crippen LogP contribution in [0.1, 0.15) is 26.3 Å². The van der Waals surface area contributed by atoms with Crippen LogP contribution in [0.4, 0.5) is 5.82 Å². The van der Waals surface area contributed by atoms with Gasteiger partial charge in [-0.3, -0.25) is 0 Å². The maximum absolute atomic E-state index is 5.64. The number of hydrogen-bond donors (Lipinski definition) is 1. The highest BCUT2D eigenvalue weighted by Gasteiger charge is 2.16. The lowest BCUT2D eigenvalue weighted by Crippen LogP contribution is -2.36. The van der Waals surface area contributed by atoms with Crippen LogP contribution in [0.2, 0.25) is 0 Å². The lowest BCUT2D eigenvalue weighted by molar-refractivity contribution is 0.323. The van der Waals surface area contributed by atoms with E-state index >= 15 is 0 Å². The maximum Gasteiger partial charge on any atom is 0.221 e. The van der Waals surface area contributed by atoms with Crippen molar-refractivity contribution in [2.24, 2.45) is 5.73 Å². The molecule has 0 amide bonds. The van der Waals surface area contributed by atoms with E-state index in [0.29, 0.717) is 25.1 Å². The fourth-order valence-electron chi connectivity index (χ4n) is 1.74. The second-order valence-corrected chi connectivity index (χ2v) is 4.14. The summed E-state index contributed by atoms with van der Waals surface area (Å²) in [4.78, 5) is 10.6. The molecule has 1 heterocycles. The Morgan fingerprint density at radius 3 is 2.65 bits per heavy atom. The third-order valence-corrected chi connectivity index (χ3v) is 2.56. The van der Waals surface area contributed by atoms with E-state index in [1.807, 2.05) is 13.8 Å². The maximum atomic E-state index is 5.64. The van der Waals surface area contributed by atoms with Crippen molar-refractivity contribution in [3.8, 4) is 5.88 Å². The summed E-state index contributed by atoms with van der Waals surface area (Å²) in [5, 5.41) is 0. The van der Waals surface area contributed by atoms with Gasteiger partial charge in [-0.05, 0) is 27.7 Å². The summed E-state index contributed by atoms with van der Waals surface area (Å²) >= 11 is 0. The van der Waals surface area contributed by atoms with Crippen molar-refractivity contribution in [2.75, 3.05) is 24.6 Å². The molecule has 17 heavy (non-hydrogen) atoms. The molecule has 0 atom stereocenters. The molecule has 1 aromatic rings. The number of aromatic nitrogens is 2. The van der Waals surface area contributed by atoms with Crippen LogP contribution in [-0.4, -0.2) is 35.7 Å². The van der Waals surface area contributed by atoms with Gasteiger partial charge in [-0.15, -0.1) is 0 Å². The fourth-order valence-corrected chi connectivity index (χ4v) is 1.74. The minimum Gasteiger partial charge on any atom is -0.478 e. The highest BCUT2D eigenvalue weighted by Crippen LogP contribution is 2.24. The Morgan fingerprint density at radius 2 is 2.12 bits per heavy atom. The van der Waals surface area contributed by atoms with Crippen LogP contribution in [-0.2, 0) is 0 Å². The molecule has 5 nitrogen and oxygen atoms in total. The van der Waals surface area contributed by atoms with Gasteiger partial charge in [-0.1, -0.05) is 0 Å². The normalized spacial score (nSPS) is 10.7. The average molecular weight is 238 g/mol. The predicted molar refractivity (Wildman–Crippen MR) is 69.5 cm³/mol. The first-order valence-corrected chi connectivity index (χ1v) is 6.02. The molecule has 5 heteroatoms. The summed E-state index contributed by atoms with van der Waals surface area (Å²) in [6.45, 7) is 10.2. The highest BCUT2D eigenvalue weighted by molar-refractivity contribution is 5.50. The minimum atomic E-state index is 0.349. The summed E-state index contributed by atoms with van der Waals surface area (Å²) < 4.78 is 5.48. The monoisotopic (exact) mass is 238 g/mol. The Kier molecular flexibility index (Phi) is 5.15. The molecule has 0 saturated carbocycles. The quantitative estimate of drug-likeness (QED) is 0.810. The highest BCUT2D eigenvalue weighted by atomic mass is 16.5. The molecule has 2 N–H and O–H groups in total. The Balaban J connectivity index is 3.06. The summed E-state index contributed by atoms with van der Waals surface area (Å²) in [5.74, 6) is 1.56. The van der Waals surface area contributed by atoms with Gasteiger partial charge in [0.1, 0.15) is 12.1 Å². The summed E-state index contributed by atoms with van der Waals surface area (Å²) in [7, 11) is 0. The topological polar surface area (TPSA) is 64.3 Å². The lowest BCUT2D eigenvalue weighted by atomic mass is 10.2. The largest absolute Gasteiger partial charge is 0.478 e. The van der Waals surface area contributed by atoms with Crippen molar-refractivity contribution >= 4 is 5.82 Å². The summed E-state index contributed by atoms with van der Waals surface area (Å²) in [6.07, 6.45) is 1.54. The first-order valence-electron chi connectivity index (χ1n) is 6.02. The first kappa shape index (κ1) is 13.7. The lowest BCUT2D eigenvalue weighted by Gasteiger charge is -2.28. The summed E-state index contributed by atoms with van der Waals surface area (Å²) in [5.41, 5.74) is 6.60. The zero-order chi connectivity index (χ0) is 12.8. The number of anilines is 1. The number of nitrogens with zero attached hydrogens (tertiary/aromatic N) is 3. The van der Waals surface area contributed by atoms with Gasteiger partial charge in [0.05, 0.1) is 12.2 Å². The molecule has 96 valence electrons. The van der Waals surface area contributed by atoms with Crippen molar-refractivity contribution in [2.45, 2.75) is 33.7 Å². The Hall–Kier alpha value is -1.36. The standard InChI is InChI=1S/C12H22N4O/c1-5-17-12-10(4)11(14-8-15-12)16(7-6-13)9(2)3/h8-9H,5-7,13H2,1-4H3. The molecule has 0 spiro atoms. The van der Waals surface area contributed by atoms with Crippen LogP contribution in [0.3, 0.4) is 0 Å². The molecule has 0 aromatic carbocycles. The fraction of sp³-hybridized carbons (Fsp3) is 0.667. The van der Waals surface area contributed by atoms with Gasteiger partial charge >= 0.3 is 0 Å². The van der Waals surface area contributed by atoms with Crippen LogP contribution in [0.5, 0.6) is 5.88 Å². The third-order valence-electron chi connectivity index (χ3n) is 2.56. The second-order valence-electron chi connectivity index (χ2n) is 4.14. The molecule has 1 rings (SSSR count). The van der Waals surface area contributed by atoms with E-state index in [2.05, 4.69) is 28.7 Å². The number of rotatable bonds is 6. The van der Waals surface area contributed by atoms with E-state index in [0.717, 1.165) is 17.9 Å². The van der Waals surface area contributed by atoms with Gasteiger partial charge in [0, 0.05) is 19.1 Å². The number of hydrogen-bond acceptors (Lipinski definition) is 5.